The first-order chi connectivity index (χ1) is 16.3. The highest BCUT2D eigenvalue weighted by Crippen LogP contribution is 2.22. The van der Waals surface area contributed by atoms with Crippen molar-refractivity contribution in [1.82, 2.24) is 5.32 Å². The molecule has 1 heterocycles. The van der Waals surface area contributed by atoms with Gasteiger partial charge in [0, 0.05) is 30.9 Å². The maximum atomic E-state index is 12.8. The summed E-state index contributed by atoms with van der Waals surface area (Å²) in [5.41, 5.74) is 4.59. The lowest BCUT2D eigenvalue weighted by Gasteiger charge is -2.28. The molecule has 0 radical (unpaired) electrons. The zero-order chi connectivity index (χ0) is 24.1. The number of hydrogen-bond donors (Lipinski definition) is 2. The molecule has 0 aliphatic carbocycles. The first kappa shape index (κ1) is 23.8. The summed E-state index contributed by atoms with van der Waals surface area (Å²) in [5, 5.41) is 2.91. The number of ether oxygens (including phenoxy) is 1. The zero-order valence-electron chi connectivity index (χ0n) is 19.4. The summed E-state index contributed by atoms with van der Waals surface area (Å²) in [6.07, 6.45) is 0. The smallest absolute Gasteiger partial charge is 0.261 e. The van der Waals surface area contributed by atoms with E-state index in [9.17, 15) is 13.2 Å². The molecular weight excluding hydrogens is 450 g/mol. The number of rotatable bonds is 7. The summed E-state index contributed by atoms with van der Waals surface area (Å²) in [6, 6.07) is 19.7. The Morgan fingerprint density at radius 2 is 1.62 bits per heavy atom. The third-order valence-electron chi connectivity index (χ3n) is 5.84. The number of carbonyl (C=O) groups is 1. The number of sulfonamides is 1. The van der Waals surface area contributed by atoms with Gasteiger partial charge in [-0.3, -0.25) is 9.52 Å². The minimum absolute atomic E-state index is 0.174. The number of hydrogen-bond acceptors (Lipinski definition) is 5. The van der Waals surface area contributed by atoms with Crippen molar-refractivity contribution in [2.45, 2.75) is 25.3 Å². The number of amides is 1. The van der Waals surface area contributed by atoms with Gasteiger partial charge in [-0.2, -0.15) is 0 Å². The van der Waals surface area contributed by atoms with E-state index in [1.54, 1.807) is 49.4 Å². The average molecular weight is 480 g/mol. The van der Waals surface area contributed by atoms with E-state index in [2.05, 4.69) is 27.1 Å². The molecule has 0 unspecified atom stereocenters. The Balaban J connectivity index is 1.41. The summed E-state index contributed by atoms with van der Waals surface area (Å²) >= 11 is 0. The average Bonchev–Trinajstić information content (AvgIpc) is 2.85. The van der Waals surface area contributed by atoms with Crippen molar-refractivity contribution in [2.24, 2.45) is 0 Å². The Morgan fingerprint density at radius 1 is 0.941 bits per heavy atom. The zero-order valence-corrected chi connectivity index (χ0v) is 20.2. The van der Waals surface area contributed by atoms with Crippen LogP contribution in [-0.4, -0.2) is 40.6 Å². The fourth-order valence-corrected chi connectivity index (χ4v) is 4.85. The van der Waals surface area contributed by atoms with Gasteiger partial charge in [0.25, 0.3) is 15.9 Å². The second-order valence-corrected chi connectivity index (χ2v) is 10.1. The summed E-state index contributed by atoms with van der Waals surface area (Å²) in [4.78, 5) is 15.2. The lowest BCUT2D eigenvalue weighted by Crippen LogP contribution is -2.36. The Hall–Kier alpha value is -3.36. The van der Waals surface area contributed by atoms with Gasteiger partial charge in [0.2, 0.25) is 0 Å². The molecule has 178 valence electrons. The predicted molar refractivity (Wildman–Crippen MR) is 134 cm³/mol. The van der Waals surface area contributed by atoms with Crippen LogP contribution in [0.3, 0.4) is 0 Å². The maximum absolute atomic E-state index is 12.8. The highest BCUT2D eigenvalue weighted by Gasteiger charge is 2.17. The lowest BCUT2D eigenvalue weighted by atomic mass is 10.1. The molecule has 3 aromatic rings. The summed E-state index contributed by atoms with van der Waals surface area (Å²) in [6.45, 7) is 7.29. The van der Waals surface area contributed by atoms with Crippen LogP contribution in [0.1, 0.15) is 27.0 Å². The molecule has 1 aliphatic rings. The van der Waals surface area contributed by atoms with Crippen LogP contribution in [0.15, 0.2) is 71.6 Å². The van der Waals surface area contributed by atoms with Crippen molar-refractivity contribution in [1.29, 1.82) is 0 Å². The summed E-state index contributed by atoms with van der Waals surface area (Å²) in [7, 11) is -3.76. The van der Waals surface area contributed by atoms with Gasteiger partial charge >= 0.3 is 0 Å². The van der Waals surface area contributed by atoms with Crippen LogP contribution in [0, 0.1) is 13.8 Å². The normalized spacial score (nSPS) is 14.0. The van der Waals surface area contributed by atoms with Gasteiger partial charge in [0.05, 0.1) is 23.8 Å². The van der Waals surface area contributed by atoms with Gasteiger partial charge < -0.3 is 15.0 Å². The Bertz CT molecular complexity index is 1250. The van der Waals surface area contributed by atoms with Gasteiger partial charge in [0.15, 0.2) is 0 Å². The lowest BCUT2D eigenvalue weighted by molar-refractivity contribution is 0.0951. The highest BCUT2D eigenvalue weighted by atomic mass is 32.2. The number of benzene rings is 3. The molecule has 0 bridgehead atoms. The molecular formula is C26H29N3O4S. The molecule has 0 atom stereocenters. The Morgan fingerprint density at radius 3 is 2.29 bits per heavy atom. The first-order valence-corrected chi connectivity index (χ1v) is 12.7. The molecule has 0 spiro atoms. The molecule has 1 fully saturated rings. The van der Waals surface area contributed by atoms with Crippen molar-refractivity contribution >= 4 is 27.3 Å². The van der Waals surface area contributed by atoms with Gasteiger partial charge in [-0.05, 0) is 61.4 Å². The third kappa shape index (κ3) is 5.76. The van der Waals surface area contributed by atoms with Crippen LogP contribution in [-0.2, 0) is 21.3 Å². The molecule has 1 saturated heterocycles. The molecule has 34 heavy (non-hydrogen) atoms. The Kier molecular flexibility index (Phi) is 7.19. The molecule has 7 nitrogen and oxygen atoms in total. The Labute approximate surface area is 200 Å². The van der Waals surface area contributed by atoms with Gasteiger partial charge in [-0.1, -0.05) is 35.9 Å². The largest absolute Gasteiger partial charge is 0.378 e. The van der Waals surface area contributed by atoms with Gasteiger partial charge in [-0.25, -0.2) is 8.42 Å². The standard InChI is InChI=1S/C26H29N3O4S/c1-19-3-11-24(12-4-19)34(31,32)28-25-17-22(8-5-20(25)2)26(30)27-18-21-6-9-23(10-7-21)29-13-15-33-16-14-29/h3-12,17,28H,13-16,18H2,1-2H3,(H,27,30). The third-order valence-corrected chi connectivity index (χ3v) is 7.22. The van der Waals surface area contributed by atoms with Crippen LogP contribution in [0.25, 0.3) is 0 Å². The van der Waals surface area contributed by atoms with Crippen molar-refractivity contribution in [3.05, 3.63) is 89.0 Å². The number of anilines is 2. The van der Waals surface area contributed by atoms with Crippen molar-refractivity contribution < 1.29 is 17.9 Å². The van der Waals surface area contributed by atoms with Gasteiger partial charge in [0.1, 0.15) is 0 Å². The number of carbonyl (C=O) groups excluding carboxylic acids is 1. The summed E-state index contributed by atoms with van der Waals surface area (Å²) in [5.74, 6) is -0.270. The quantitative estimate of drug-likeness (QED) is 0.537. The van der Waals surface area contributed by atoms with Crippen LogP contribution in [0.4, 0.5) is 11.4 Å². The first-order valence-electron chi connectivity index (χ1n) is 11.2. The van der Waals surface area contributed by atoms with Crippen LogP contribution in [0.2, 0.25) is 0 Å². The van der Waals surface area contributed by atoms with E-state index in [0.29, 0.717) is 17.8 Å². The second kappa shape index (κ2) is 10.3. The second-order valence-electron chi connectivity index (χ2n) is 8.40. The molecule has 1 amide bonds. The molecule has 3 aromatic carbocycles. The van der Waals surface area contributed by atoms with E-state index < -0.39 is 10.0 Å². The van der Waals surface area contributed by atoms with Gasteiger partial charge in [-0.15, -0.1) is 0 Å². The van der Waals surface area contributed by atoms with Crippen molar-refractivity contribution in [3.8, 4) is 0 Å². The highest BCUT2D eigenvalue weighted by molar-refractivity contribution is 7.92. The molecule has 8 heteroatoms. The fourth-order valence-electron chi connectivity index (χ4n) is 3.72. The van der Waals surface area contributed by atoms with E-state index in [-0.39, 0.29) is 10.8 Å². The number of nitrogens with zero attached hydrogens (tertiary/aromatic N) is 1. The number of morpholine rings is 1. The molecule has 4 rings (SSSR count). The number of nitrogens with one attached hydrogen (secondary N) is 2. The van der Waals surface area contributed by atoms with E-state index in [1.165, 1.54) is 0 Å². The summed E-state index contributed by atoms with van der Waals surface area (Å²) < 4.78 is 33.6. The maximum Gasteiger partial charge on any atom is 0.261 e. The van der Waals surface area contributed by atoms with E-state index >= 15 is 0 Å². The fraction of sp³-hybridized carbons (Fsp3) is 0.269. The minimum Gasteiger partial charge on any atom is -0.378 e. The van der Waals surface area contributed by atoms with Crippen molar-refractivity contribution in [2.75, 3.05) is 35.9 Å². The van der Waals surface area contributed by atoms with Crippen LogP contribution in [0.5, 0.6) is 0 Å². The molecule has 1 aliphatic heterocycles. The van der Waals surface area contributed by atoms with E-state index in [0.717, 1.165) is 48.7 Å². The molecule has 0 aromatic heterocycles. The van der Waals surface area contributed by atoms with E-state index in [1.807, 2.05) is 19.1 Å². The predicted octanol–water partition coefficient (Wildman–Crippen LogP) is 3.87. The monoisotopic (exact) mass is 479 g/mol. The SMILES string of the molecule is Cc1ccc(S(=O)(=O)Nc2cc(C(=O)NCc3ccc(N4CCOCC4)cc3)ccc2C)cc1. The van der Waals surface area contributed by atoms with Crippen molar-refractivity contribution in [3.63, 3.8) is 0 Å². The minimum atomic E-state index is -3.76. The van der Waals surface area contributed by atoms with Crippen LogP contribution < -0.4 is 14.9 Å². The number of aryl methyl sites for hydroxylation is 2. The van der Waals surface area contributed by atoms with E-state index in [4.69, 9.17) is 4.74 Å². The molecule has 0 saturated carbocycles. The topological polar surface area (TPSA) is 87.7 Å². The molecule has 2 N–H and O–H groups in total. The van der Waals surface area contributed by atoms with Crippen LogP contribution >= 0.6 is 0 Å².